The highest BCUT2D eigenvalue weighted by molar-refractivity contribution is 5.18. The van der Waals surface area contributed by atoms with Crippen LogP contribution in [0.5, 0.6) is 0 Å². The second-order valence-electron chi connectivity index (χ2n) is 6.79. The second kappa shape index (κ2) is 4.01. The molecular formula is C15H22N2O. The first-order valence-electron chi connectivity index (χ1n) is 7.48. The molecular weight excluding hydrogens is 224 g/mol. The van der Waals surface area contributed by atoms with Gasteiger partial charge in [0, 0.05) is 6.42 Å². The quantitative estimate of drug-likeness (QED) is 0.890. The Morgan fingerprint density at radius 2 is 1.78 bits per heavy atom. The molecule has 0 spiro atoms. The highest BCUT2D eigenvalue weighted by atomic mass is 16.4. The van der Waals surface area contributed by atoms with E-state index < -0.39 is 0 Å². The summed E-state index contributed by atoms with van der Waals surface area (Å²) in [6.45, 7) is 0. The van der Waals surface area contributed by atoms with Gasteiger partial charge in [0.25, 0.3) is 0 Å². The molecule has 4 aliphatic carbocycles. The van der Waals surface area contributed by atoms with E-state index in [2.05, 4.69) is 4.98 Å². The average Bonchev–Trinajstić information content (AvgIpc) is 2.73. The van der Waals surface area contributed by atoms with Gasteiger partial charge in [-0.05, 0) is 68.1 Å². The van der Waals surface area contributed by atoms with Crippen LogP contribution in [0.15, 0.2) is 10.6 Å². The fraction of sp³-hybridized carbons (Fsp3) is 0.800. The fourth-order valence-corrected chi connectivity index (χ4v) is 5.24. The summed E-state index contributed by atoms with van der Waals surface area (Å²) < 4.78 is 5.39. The summed E-state index contributed by atoms with van der Waals surface area (Å²) in [6, 6.07) is 0. The van der Waals surface area contributed by atoms with Gasteiger partial charge in [-0.1, -0.05) is 0 Å². The van der Waals surface area contributed by atoms with Gasteiger partial charge in [0.15, 0.2) is 5.89 Å². The lowest BCUT2D eigenvalue weighted by Crippen LogP contribution is -2.45. The van der Waals surface area contributed by atoms with Gasteiger partial charge in [0.2, 0.25) is 5.88 Å². The van der Waals surface area contributed by atoms with Crippen LogP contribution in [0.2, 0.25) is 0 Å². The van der Waals surface area contributed by atoms with E-state index in [-0.39, 0.29) is 0 Å². The smallest absolute Gasteiger partial charge is 0.211 e. The summed E-state index contributed by atoms with van der Waals surface area (Å²) >= 11 is 0. The lowest BCUT2D eigenvalue weighted by molar-refractivity contribution is -0.0399. The number of aromatic nitrogens is 1. The van der Waals surface area contributed by atoms with Crippen molar-refractivity contribution in [3.63, 3.8) is 0 Å². The zero-order valence-corrected chi connectivity index (χ0v) is 10.8. The molecule has 0 atom stereocenters. The molecule has 3 nitrogen and oxygen atoms in total. The minimum atomic E-state index is 0.454. The molecule has 4 aliphatic rings. The van der Waals surface area contributed by atoms with E-state index in [1.54, 1.807) is 6.20 Å². The van der Waals surface area contributed by atoms with Gasteiger partial charge >= 0.3 is 0 Å². The van der Waals surface area contributed by atoms with Crippen LogP contribution < -0.4 is 5.73 Å². The molecule has 4 fully saturated rings. The maximum absolute atomic E-state index is 5.57. The number of nitrogens with zero attached hydrogens (tertiary/aromatic N) is 1. The van der Waals surface area contributed by atoms with E-state index in [1.165, 1.54) is 38.5 Å². The summed E-state index contributed by atoms with van der Waals surface area (Å²) in [4.78, 5) is 4.23. The summed E-state index contributed by atoms with van der Waals surface area (Å²) in [7, 11) is 0. The van der Waals surface area contributed by atoms with Crippen LogP contribution in [-0.4, -0.2) is 4.98 Å². The molecule has 1 aromatic rings. The first kappa shape index (κ1) is 10.9. The predicted octanol–water partition coefficient (Wildman–Crippen LogP) is 3.26. The highest BCUT2D eigenvalue weighted by Crippen LogP contribution is 2.57. The number of nitrogen functional groups attached to an aromatic ring is 1. The molecule has 4 saturated carbocycles. The van der Waals surface area contributed by atoms with Gasteiger partial charge in [-0.25, -0.2) is 4.98 Å². The molecule has 0 unspecified atom stereocenters. The van der Waals surface area contributed by atoms with Crippen LogP contribution in [0, 0.1) is 29.6 Å². The van der Waals surface area contributed by atoms with E-state index in [1.807, 2.05) is 0 Å². The Labute approximate surface area is 108 Å². The van der Waals surface area contributed by atoms with Crippen LogP contribution >= 0.6 is 0 Å². The molecule has 5 rings (SSSR count). The van der Waals surface area contributed by atoms with Gasteiger partial charge in [-0.15, -0.1) is 0 Å². The second-order valence-corrected chi connectivity index (χ2v) is 6.79. The molecule has 0 amide bonds. The van der Waals surface area contributed by atoms with E-state index in [9.17, 15) is 0 Å². The summed E-state index contributed by atoms with van der Waals surface area (Å²) in [6.07, 6.45) is 11.4. The number of aryl methyl sites for hydroxylation is 1. The largest absolute Gasteiger partial charge is 0.426 e. The fourth-order valence-electron chi connectivity index (χ4n) is 5.24. The van der Waals surface area contributed by atoms with Crippen LogP contribution in [0.25, 0.3) is 0 Å². The minimum Gasteiger partial charge on any atom is -0.426 e. The van der Waals surface area contributed by atoms with Crippen molar-refractivity contribution in [1.29, 1.82) is 0 Å². The third kappa shape index (κ3) is 1.75. The maximum Gasteiger partial charge on any atom is 0.211 e. The lowest BCUT2D eigenvalue weighted by Gasteiger charge is -2.54. The molecule has 3 heteroatoms. The molecule has 1 heterocycles. The van der Waals surface area contributed by atoms with E-state index in [0.29, 0.717) is 5.88 Å². The molecule has 0 aromatic carbocycles. The minimum absolute atomic E-state index is 0.454. The Morgan fingerprint density at radius 1 is 1.11 bits per heavy atom. The van der Waals surface area contributed by atoms with Crippen molar-refractivity contribution in [1.82, 2.24) is 4.98 Å². The third-order valence-electron chi connectivity index (χ3n) is 5.68. The van der Waals surface area contributed by atoms with Crippen molar-refractivity contribution >= 4 is 5.88 Å². The average molecular weight is 246 g/mol. The topological polar surface area (TPSA) is 52.0 Å². The maximum atomic E-state index is 5.57. The van der Waals surface area contributed by atoms with E-state index in [0.717, 1.165) is 41.9 Å². The SMILES string of the molecule is Nc1cnc(CCC2C3CC4CC(C3)CC2C4)o1. The number of hydrogen-bond acceptors (Lipinski definition) is 3. The van der Waals surface area contributed by atoms with E-state index >= 15 is 0 Å². The Hall–Kier alpha value is -0.990. The monoisotopic (exact) mass is 246 g/mol. The number of nitrogens with two attached hydrogens (primary N) is 1. The number of oxazole rings is 1. The number of rotatable bonds is 3. The highest BCUT2D eigenvalue weighted by Gasteiger charge is 2.47. The van der Waals surface area contributed by atoms with Crippen molar-refractivity contribution in [2.24, 2.45) is 29.6 Å². The Bertz CT molecular complexity index is 411. The molecule has 0 saturated heterocycles. The van der Waals surface area contributed by atoms with Crippen molar-refractivity contribution in [3.8, 4) is 0 Å². The van der Waals surface area contributed by atoms with Crippen LogP contribution in [0.4, 0.5) is 5.88 Å². The van der Waals surface area contributed by atoms with Crippen molar-refractivity contribution < 1.29 is 4.42 Å². The first-order valence-corrected chi connectivity index (χ1v) is 7.48. The van der Waals surface area contributed by atoms with Crippen LogP contribution in [-0.2, 0) is 6.42 Å². The normalized spacial score (nSPS) is 41.4. The summed E-state index contributed by atoms with van der Waals surface area (Å²) in [5.41, 5.74) is 5.57. The summed E-state index contributed by atoms with van der Waals surface area (Å²) in [5, 5.41) is 0. The van der Waals surface area contributed by atoms with Crippen LogP contribution in [0.1, 0.15) is 44.4 Å². The van der Waals surface area contributed by atoms with Gasteiger partial charge in [0.1, 0.15) is 0 Å². The molecule has 18 heavy (non-hydrogen) atoms. The molecule has 4 bridgehead atoms. The molecule has 0 aliphatic heterocycles. The van der Waals surface area contributed by atoms with Gasteiger partial charge in [-0.3, -0.25) is 0 Å². The molecule has 0 radical (unpaired) electrons. The lowest BCUT2D eigenvalue weighted by atomic mass is 9.51. The van der Waals surface area contributed by atoms with Crippen molar-refractivity contribution in [2.75, 3.05) is 5.73 Å². The molecule has 1 aromatic heterocycles. The molecule has 2 N–H and O–H groups in total. The Kier molecular flexibility index (Phi) is 2.42. The third-order valence-corrected chi connectivity index (χ3v) is 5.68. The van der Waals surface area contributed by atoms with Gasteiger partial charge in [-0.2, -0.15) is 0 Å². The first-order chi connectivity index (χ1) is 8.78. The van der Waals surface area contributed by atoms with Gasteiger partial charge in [0.05, 0.1) is 6.20 Å². The number of anilines is 1. The van der Waals surface area contributed by atoms with E-state index in [4.69, 9.17) is 10.2 Å². The summed E-state index contributed by atoms with van der Waals surface area (Å²) in [5.74, 6) is 6.38. The standard InChI is InChI=1S/C15H22N2O/c16-14-8-17-15(18-14)2-1-13-11-4-9-3-10(6-11)7-12(13)5-9/h8-13H,1-7,16H2. The van der Waals surface area contributed by atoms with Crippen molar-refractivity contribution in [2.45, 2.75) is 44.9 Å². The zero-order chi connectivity index (χ0) is 12.1. The predicted molar refractivity (Wildman–Crippen MR) is 69.8 cm³/mol. The zero-order valence-electron chi connectivity index (χ0n) is 10.8. The van der Waals surface area contributed by atoms with Crippen molar-refractivity contribution in [3.05, 3.63) is 12.1 Å². The van der Waals surface area contributed by atoms with Crippen LogP contribution in [0.3, 0.4) is 0 Å². The Morgan fingerprint density at radius 3 is 2.33 bits per heavy atom. The van der Waals surface area contributed by atoms with Gasteiger partial charge < -0.3 is 10.2 Å². The molecule has 98 valence electrons. The number of hydrogen-bond donors (Lipinski definition) is 1. The Balaban J connectivity index is 1.43.